The van der Waals surface area contributed by atoms with Crippen molar-refractivity contribution in [3.8, 4) is 22.8 Å². The Morgan fingerprint density at radius 1 is 1.00 bits per heavy atom. The molecule has 0 spiro atoms. The molecule has 1 aromatic heterocycles. The lowest BCUT2D eigenvalue weighted by molar-refractivity contribution is 0.0970. The number of ether oxygens (including phenoxy) is 2. The second-order valence-electron chi connectivity index (χ2n) is 9.99. The standard InChI is InChI=1S/C29H37N3O4/c1-19-6-8-20(9-7-19)23-17-22(28(2,3)30)18-27(32-23)29(4,31)13-12-24(34)21-10-11-25(36-15-14-33)26(16-21)35-5/h6-11,16-18,33H,12-15,30-31H2,1-5H3. The van der Waals surface area contributed by atoms with E-state index in [0.29, 0.717) is 29.2 Å². The van der Waals surface area contributed by atoms with E-state index in [-0.39, 0.29) is 25.4 Å². The van der Waals surface area contributed by atoms with Gasteiger partial charge in [0.05, 0.1) is 30.6 Å². The van der Waals surface area contributed by atoms with Crippen molar-refractivity contribution >= 4 is 5.78 Å². The van der Waals surface area contributed by atoms with Crippen molar-refractivity contribution in [2.24, 2.45) is 11.5 Å². The molecule has 0 aliphatic carbocycles. The Morgan fingerprint density at radius 3 is 2.31 bits per heavy atom. The van der Waals surface area contributed by atoms with Gasteiger partial charge in [-0.3, -0.25) is 9.78 Å². The van der Waals surface area contributed by atoms with Crippen LogP contribution in [0.5, 0.6) is 11.5 Å². The van der Waals surface area contributed by atoms with Crippen LogP contribution < -0.4 is 20.9 Å². The molecule has 0 aliphatic rings. The number of benzene rings is 2. The van der Waals surface area contributed by atoms with Crippen LogP contribution >= 0.6 is 0 Å². The van der Waals surface area contributed by atoms with Crippen LogP contribution in [0.15, 0.2) is 54.6 Å². The first kappa shape index (κ1) is 27.3. The number of Topliss-reactive ketones (excluding diaryl/α,β-unsaturated/α-hetero) is 1. The van der Waals surface area contributed by atoms with Crippen LogP contribution in [-0.2, 0) is 11.1 Å². The van der Waals surface area contributed by atoms with E-state index in [0.717, 1.165) is 16.8 Å². The van der Waals surface area contributed by atoms with E-state index in [1.807, 2.05) is 64.1 Å². The highest BCUT2D eigenvalue weighted by atomic mass is 16.5. The zero-order chi connectivity index (χ0) is 26.5. The van der Waals surface area contributed by atoms with E-state index in [1.165, 1.54) is 12.7 Å². The maximum atomic E-state index is 13.0. The number of pyridine rings is 1. The minimum absolute atomic E-state index is 0.0623. The highest BCUT2D eigenvalue weighted by molar-refractivity contribution is 5.96. The van der Waals surface area contributed by atoms with Crippen molar-refractivity contribution in [3.63, 3.8) is 0 Å². The Balaban J connectivity index is 1.85. The first-order chi connectivity index (χ1) is 16.9. The monoisotopic (exact) mass is 491 g/mol. The number of aliphatic hydroxyl groups excluding tert-OH is 1. The molecular formula is C29H37N3O4. The summed E-state index contributed by atoms with van der Waals surface area (Å²) < 4.78 is 10.8. The first-order valence-corrected chi connectivity index (χ1v) is 12.1. The number of aliphatic hydroxyl groups is 1. The van der Waals surface area contributed by atoms with Crippen molar-refractivity contribution in [2.75, 3.05) is 20.3 Å². The summed E-state index contributed by atoms with van der Waals surface area (Å²) in [6.45, 7) is 7.86. The van der Waals surface area contributed by atoms with Crippen molar-refractivity contribution in [1.29, 1.82) is 0 Å². The molecule has 0 amide bonds. The predicted octanol–water partition coefficient (Wildman–Crippen LogP) is 4.47. The number of nitrogens with two attached hydrogens (primary N) is 2. The van der Waals surface area contributed by atoms with Gasteiger partial charge in [0, 0.05) is 23.1 Å². The van der Waals surface area contributed by atoms with Gasteiger partial charge < -0.3 is 26.0 Å². The van der Waals surface area contributed by atoms with E-state index >= 15 is 0 Å². The number of rotatable bonds is 11. The Kier molecular flexibility index (Phi) is 8.51. The summed E-state index contributed by atoms with van der Waals surface area (Å²) >= 11 is 0. The Hall–Kier alpha value is -3.26. The molecule has 0 aliphatic heterocycles. The van der Waals surface area contributed by atoms with E-state index in [9.17, 15) is 4.79 Å². The molecule has 0 bridgehead atoms. The molecule has 7 heteroatoms. The highest BCUT2D eigenvalue weighted by Crippen LogP contribution is 2.32. The minimum Gasteiger partial charge on any atom is -0.493 e. The summed E-state index contributed by atoms with van der Waals surface area (Å²) in [5.74, 6) is 0.848. The fourth-order valence-corrected chi connectivity index (χ4v) is 3.83. The third kappa shape index (κ3) is 6.69. The molecule has 1 unspecified atom stereocenters. The summed E-state index contributed by atoms with van der Waals surface area (Å²) in [5.41, 5.74) is 16.8. The number of carbonyl (C=O) groups excluding carboxylic acids is 1. The van der Waals surface area contributed by atoms with Gasteiger partial charge in [-0.15, -0.1) is 0 Å². The maximum absolute atomic E-state index is 13.0. The third-order valence-corrected chi connectivity index (χ3v) is 6.21. The number of hydrogen-bond acceptors (Lipinski definition) is 7. The average Bonchev–Trinajstić information content (AvgIpc) is 2.85. The molecule has 0 radical (unpaired) electrons. The van der Waals surface area contributed by atoms with Gasteiger partial charge >= 0.3 is 0 Å². The Morgan fingerprint density at radius 2 is 1.69 bits per heavy atom. The molecule has 1 atom stereocenters. The average molecular weight is 492 g/mol. The fraction of sp³-hybridized carbons (Fsp3) is 0.379. The van der Waals surface area contributed by atoms with Crippen molar-refractivity contribution in [3.05, 3.63) is 77.0 Å². The summed E-state index contributed by atoms with van der Waals surface area (Å²) in [4.78, 5) is 17.9. The quantitative estimate of drug-likeness (QED) is 0.339. The van der Waals surface area contributed by atoms with Crippen LogP contribution in [0.1, 0.15) is 60.8 Å². The van der Waals surface area contributed by atoms with Gasteiger partial charge in [-0.2, -0.15) is 0 Å². The number of methoxy groups -OCH3 is 1. The number of nitrogens with zero attached hydrogens (tertiary/aromatic N) is 1. The molecule has 0 saturated carbocycles. The smallest absolute Gasteiger partial charge is 0.163 e. The SMILES string of the molecule is COc1cc(C(=O)CCC(C)(N)c2cc(C(C)(C)N)cc(-c3ccc(C)cc3)n2)ccc1OCCO. The molecule has 3 aromatic rings. The van der Waals surface area contributed by atoms with Crippen LogP contribution in [0.2, 0.25) is 0 Å². The maximum Gasteiger partial charge on any atom is 0.163 e. The van der Waals surface area contributed by atoms with E-state index in [2.05, 4.69) is 0 Å². The molecule has 3 rings (SSSR count). The summed E-state index contributed by atoms with van der Waals surface area (Å²) in [7, 11) is 1.51. The van der Waals surface area contributed by atoms with Gasteiger partial charge in [0.15, 0.2) is 17.3 Å². The van der Waals surface area contributed by atoms with Gasteiger partial charge in [-0.1, -0.05) is 29.8 Å². The number of aryl methyl sites for hydroxylation is 1. The zero-order valence-corrected chi connectivity index (χ0v) is 21.8. The predicted molar refractivity (Wildman–Crippen MR) is 142 cm³/mol. The molecule has 5 N–H and O–H groups in total. The molecule has 192 valence electrons. The van der Waals surface area contributed by atoms with Gasteiger partial charge in [0.1, 0.15) is 6.61 Å². The van der Waals surface area contributed by atoms with E-state index in [4.69, 9.17) is 31.0 Å². The zero-order valence-electron chi connectivity index (χ0n) is 21.8. The number of hydrogen-bond donors (Lipinski definition) is 3. The van der Waals surface area contributed by atoms with E-state index in [1.54, 1.807) is 18.2 Å². The van der Waals surface area contributed by atoms with Crippen LogP contribution in [0.4, 0.5) is 0 Å². The normalized spacial score (nSPS) is 13.2. The minimum atomic E-state index is -0.857. The molecule has 0 fully saturated rings. The molecule has 7 nitrogen and oxygen atoms in total. The fourth-order valence-electron chi connectivity index (χ4n) is 3.83. The lowest BCUT2D eigenvalue weighted by Gasteiger charge is -2.28. The second-order valence-corrected chi connectivity index (χ2v) is 9.99. The summed E-state index contributed by atoms with van der Waals surface area (Å²) in [6.07, 6.45) is 0.622. The van der Waals surface area contributed by atoms with Crippen molar-refractivity contribution in [1.82, 2.24) is 4.98 Å². The highest BCUT2D eigenvalue weighted by Gasteiger charge is 2.28. The molecule has 0 saturated heterocycles. The third-order valence-electron chi connectivity index (χ3n) is 6.21. The largest absolute Gasteiger partial charge is 0.493 e. The summed E-state index contributed by atoms with van der Waals surface area (Å²) in [6, 6.07) is 17.1. The molecule has 36 heavy (non-hydrogen) atoms. The van der Waals surface area contributed by atoms with Gasteiger partial charge in [0.25, 0.3) is 0 Å². The number of carbonyl (C=O) groups is 1. The first-order valence-electron chi connectivity index (χ1n) is 12.1. The van der Waals surface area contributed by atoms with E-state index < -0.39 is 11.1 Å². The van der Waals surface area contributed by atoms with Crippen LogP contribution in [0.25, 0.3) is 11.3 Å². The lowest BCUT2D eigenvalue weighted by Crippen LogP contribution is -2.36. The molecule has 1 heterocycles. The van der Waals surface area contributed by atoms with Crippen molar-refractivity contribution in [2.45, 2.75) is 51.6 Å². The van der Waals surface area contributed by atoms with Crippen LogP contribution in [-0.4, -0.2) is 36.2 Å². The number of ketones is 1. The van der Waals surface area contributed by atoms with Gasteiger partial charge in [-0.05, 0) is 70.0 Å². The van der Waals surface area contributed by atoms with Crippen molar-refractivity contribution < 1.29 is 19.4 Å². The number of aromatic nitrogens is 1. The van der Waals surface area contributed by atoms with Crippen LogP contribution in [0.3, 0.4) is 0 Å². The lowest BCUT2D eigenvalue weighted by atomic mass is 9.86. The summed E-state index contributed by atoms with van der Waals surface area (Å²) in [5, 5.41) is 8.98. The Bertz CT molecular complexity index is 1200. The molecule has 2 aromatic carbocycles. The van der Waals surface area contributed by atoms with Gasteiger partial charge in [0.2, 0.25) is 0 Å². The van der Waals surface area contributed by atoms with Crippen LogP contribution in [0, 0.1) is 6.92 Å². The topological polar surface area (TPSA) is 121 Å². The van der Waals surface area contributed by atoms with Gasteiger partial charge in [-0.25, -0.2) is 0 Å². The molecular weight excluding hydrogens is 454 g/mol. The Labute approximate surface area is 213 Å². The second kappa shape index (κ2) is 11.2.